The monoisotopic (exact) mass is 207 g/mol. The Bertz CT molecular complexity index is 361. The van der Waals surface area contributed by atoms with Crippen molar-refractivity contribution in [3.8, 4) is 0 Å². The molecule has 0 radical (unpaired) electrons. The van der Waals surface area contributed by atoms with Crippen molar-refractivity contribution in [3.63, 3.8) is 0 Å². The molecule has 0 spiro atoms. The second-order valence-electron chi connectivity index (χ2n) is 2.75. The predicted octanol–water partition coefficient (Wildman–Crippen LogP) is -0.296. The summed E-state index contributed by atoms with van der Waals surface area (Å²) in [4.78, 5) is 12.1. The third kappa shape index (κ3) is 0.834. The molecule has 1 saturated heterocycles. The van der Waals surface area contributed by atoms with E-state index < -0.39 is 20.6 Å². The lowest BCUT2D eigenvalue weighted by Crippen LogP contribution is -2.64. The summed E-state index contributed by atoms with van der Waals surface area (Å²) in [5.41, 5.74) is 0. The summed E-state index contributed by atoms with van der Waals surface area (Å²) in [6.45, 7) is 0. The molecule has 0 bridgehead atoms. The molecule has 66 valence electrons. The van der Waals surface area contributed by atoms with E-state index in [9.17, 15) is 13.2 Å². The van der Waals surface area contributed by atoms with Crippen LogP contribution in [0.3, 0.4) is 0 Å². The first kappa shape index (κ1) is 8.07. The van der Waals surface area contributed by atoms with Crippen LogP contribution in [0, 0.1) is 0 Å². The number of rotatable bonds is 0. The Morgan fingerprint density at radius 2 is 2.25 bits per heavy atom. The lowest BCUT2D eigenvalue weighted by atomic mass is 10.2. The van der Waals surface area contributed by atoms with Crippen LogP contribution in [0.5, 0.6) is 0 Å². The number of hydrogen-bond donors (Lipinski definition) is 0. The zero-order valence-corrected chi connectivity index (χ0v) is 7.55. The number of fused-ring (bicyclic) bond motifs is 1. The molecule has 6 heteroatoms. The van der Waals surface area contributed by atoms with E-state index in [1.807, 2.05) is 0 Å². The van der Waals surface area contributed by atoms with Crippen molar-refractivity contribution in [1.29, 1.82) is 0 Å². The molecule has 1 amide bonds. The van der Waals surface area contributed by atoms with Crippen molar-refractivity contribution in [2.75, 3.05) is 5.75 Å². The number of sulfone groups is 1. The largest absolute Gasteiger partial charge is 0.298 e. The minimum absolute atomic E-state index is 0.0231. The van der Waals surface area contributed by atoms with Gasteiger partial charge in [0.2, 0.25) is 5.91 Å². The Morgan fingerprint density at radius 1 is 1.58 bits per heavy atom. The van der Waals surface area contributed by atoms with Crippen LogP contribution in [0.1, 0.15) is 0 Å². The number of alkyl halides is 1. The van der Waals surface area contributed by atoms with Crippen LogP contribution in [-0.4, -0.2) is 35.7 Å². The summed E-state index contributed by atoms with van der Waals surface area (Å²) < 4.78 is 22.5. The van der Waals surface area contributed by atoms with Crippen molar-refractivity contribution in [3.05, 3.63) is 12.3 Å². The average Bonchev–Trinajstić information content (AvgIpc) is 2.01. The SMILES string of the molecule is O=C1[C@H](Cl)[C@H]2N1C=CCS2(=O)=O. The number of amides is 1. The van der Waals surface area contributed by atoms with E-state index in [1.54, 1.807) is 0 Å². The van der Waals surface area contributed by atoms with E-state index in [0.29, 0.717) is 0 Å². The number of halogens is 1. The summed E-state index contributed by atoms with van der Waals surface area (Å²) in [7, 11) is -3.22. The minimum Gasteiger partial charge on any atom is -0.298 e. The number of carbonyl (C=O) groups excluding carboxylic acids is 1. The lowest BCUT2D eigenvalue weighted by Gasteiger charge is -2.42. The molecule has 12 heavy (non-hydrogen) atoms. The Balaban J connectivity index is 2.43. The van der Waals surface area contributed by atoms with Crippen LogP contribution in [0.15, 0.2) is 12.3 Å². The van der Waals surface area contributed by atoms with Crippen LogP contribution in [0.4, 0.5) is 0 Å². The van der Waals surface area contributed by atoms with E-state index in [-0.39, 0.29) is 11.7 Å². The van der Waals surface area contributed by atoms with Gasteiger partial charge in [0.05, 0.1) is 5.75 Å². The molecular formula is C6H6ClNO3S. The molecule has 2 rings (SSSR count). The average molecular weight is 208 g/mol. The van der Waals surface area contributed by atoms with E-state index in [4.69, 9.17) is 11.6 Å². The molecule has 2 atom stereocenters. The number of hydrogen-bond acceptors (Lipinski definition) is 3. The Morgan fingerprint density at radius 3 is 2.83 bits per heavy atom. The van der Waals surface area contributed by atoms with Crippen molar-refractivity contribution in [2.24, 2.45) is 0 Å². The smallest absolute Gasteiger partial charge is 0.249 e. The molecule has 0 aromatic rings. The highest BCUT2D eigenvalue weighted by Crippen LogP contribution is 2.32. The van der Waals surface area contributed by atoms with Gasteiger partial charge in [0, 0.05) is 6.20 Å². The third-order valence-electron chi connectivity index (χ3n) is 1.98. The van der Waals surface area contributed by atoms with Gasteiger partial charge in [0.1, 0.15) is 5.38 Å². The Labute approximate surface area is 74.7 Å². The molecule has 4 nitrogen and oxygen atoms in total. The first-order valence-corrected chi connectivity index (χ1v) is 5.54. The number of β-lactam (4-membered cyclic amide) rings is 1. The zero-order chi connectivity index (χ0) is 8.93. The van der Waals surface area contributed by atoms with E-state index in [2.05, 4.69) is 0 Å². The highest BCUT2D eigenvalue weighted by molar-refractivity contribution is 7.92. The lowest BCUT2D eigenvalue weighted by molar-refractivity contribution is -0.137. The van der Waals surface area contributed by atoms with Crippen molar-refractivity contribution >= 4 is 27.3 Å². The van der Waals surface area contributed by atoms with Crippen LogP contribution in [-0.2, 0) is 14.6 Å². The van der Waals surface area contributed by atoms with Crippen LogP contribution >= 0.6 is 11.6 Å². The fraction of sp³-hybridized carbons (Fsp3) is 0.500. The van der Waals surface area contributed by atoms with E-state index in [1.165, 1.54) is 12.3 Å². The van der Waals surface area contributed by atoms with Gasteiger partial charge in [-0.2, -0.15) is 0 Å². The maximum absolute atomic E-state index is 11.3. The predicted molar refractivity (Wildman–Crippen MR) is 43.2 cm³/mol. The molecule has 2 aliphatic heterocycles. The summed E-state index contributed by atoms with van der Waals surface area (Å²) in [5.74, 6) is -0.355. The second-order valence-corrected chi connectivity index (χ2v) is 5.36. The van der Waals surface area contributed by atoms with Gasteiger partial charge in [-0.1, -0.05) is 6.08 Å². The standard InChI is InChI=1S/C6H6ClNO3S/c7-4-5(9)8-2-1-3-12(10,11)6(4)8/h1-2,4,6H,3H2/t4-,6-/m0/s1. The van der Waals surface area contributed by atoms with Gasteiger partial charge in [-0.05, 0) is 0 Å². The van der Waals surface area contributed by atoms with Crippen LogP contribution < -0.4 is 0 Å². The zero-order valence-electron chi connectivity index (χ0n) is 5.97. The third-order valence-corrected chi connectivity index (χ3v) is 4.44. The molecular weight excluding hydrogens is 202 g/mol. The molecule has 0 saturated carbocycles. The first-order chi connectivity index (χ1) is 5.54. The van der Waals surface area contributed by atoms with Gasteiger partial charge in [-0.3, -0.25) is 9.69 Å². The summed E-state index contributed by atoms with van der Waals surface area (Å²) in [6, 6.07) is 0. The van der Waals surface area contributed by atoms with E-state index in [0.717, 1.165) is 4.90 Å². The number of carbonyl (C=O) groups is 1. The molecule has 0 unspecified atom stereocenters. The topological polar surface area (TPSA) is 54.5 Å². The maximum Gasteiger partial charge on any atom is 0.249 e. The van der Waals surface area contributed by atoms with Gasteiger partial charge >= 0.3 is 0 Å². The Kier molecular flexibility index (Phi) is 1.50. The molecule has 1 fully saturated rings. The second kappa shape index (κ2) is 2.23. The fourth-order valence-electron chi connectivity index (χ4n) is 1.35. The van der Waals surface area contributed by atoms with Crippen LogP contribution in [0.2, 0.25) is 0 Å². The van der Waals surface area contributed by atoms with Gasteiger partial charge in [0.15, 0.2) is 15.2 Å². The van der Waals surface area contributed by atoms with Crippen LogP contribution in [0.25, 0.3) is 0 Å². The summed E-state index contributed by atoms with van der Waals surface area (Å²) in [6.07, 6.45) is 2.93. The molecule has 2 aliphatic rings. The molecule has 2 heterocycles. The Hall–Kier alpha value is -0.550. The van der Waals surface area contributed by atoms with Gasteiger partial charge in [-0.25, -0.2) is 8.42 Å². The summed E-state index contributed by atoms with van der Waals surface area (Å²) in [5, 5.41) is -1.71. The highest BCUT2D eigenvalue weighted by Gasteiger charge is 2.53. The number of nitrogens with zero attached hydrogens (tertiary/aromatic N) is 1. The van der Waals surface area contributed by atoms with Gasteiger partial charge in [-0.15, -0.1) is 11.6 Å². The van der Waals surface area contributed by atoms with Crippen molar-refractivity contribution in [1.82, 2.24) is 4.90 Å². The van der Waals surface area contributed by atoms with Crippen molar-refractivity contribution in [2.45, 2.75) is 10.8 Å². The quantitative estimate of drug-likeness (QED) is 0.405. The molecule has 0 aromatic heterocycles. The molecule has 0 aliphatic carbocycles. The normalized spacial score (nSPS) is 37.4. The summed E-state index contributed by atoms with van der Waals surface area (Å²) >= 11 is 5.55. The minimum atomic E-state index is -3.22. The fourth-order valence-corrected chi connectivity index (χ4v) is 3.61. The molecule has 0 N–H and O–H groups in total. The highest BCUT2D eigenvalue weighted by atomic mass is 35.5. The molecule has 0 aromatic carbocycles. The maximum atomic E-state index is 11.3. The van der Waals surface area contributed by atoms with Crippen molar-refractivity contribution < 1.29 is 13.2 Å². The van der Waals surface area contributed by atoms with E-state index >= 15 is 0 Å². The van der Waals surface area contributed by atoms with Gasteiger partial charge in [0.25, 0.3) is 0 Å². The van der Waals surface area contributed by atoms with Gasteiger partial charge < -0.3 is 0 Å². The first-order valence-electron chi connectivity index (χ1n) is 3.38.